The zero-order valence-electron chi connectivity index (χ0n) is 14.7. The average molecular weight is 491 g/mol. The Morgan fingerprint density at radius 3 is 2.64 bits per heavy atom. The van der Waals surface area contributed by atoms with Gasteiger partial charge in [-0.3, -0.25) is 0 Å². The molecule has 2 N–H and O–H groups in total. The molecule has 0 radical (unpaired) electrons. The Morgan fingerprint density at radius 1 is 1.32 bits per heavy atom. The van der Waals surface area contributed by atoms with Crippen molar-refractivity contribution in [3.63, 3.8) is 0 Å². The smallest absolute Gasteiger partial charge is 0.387 e. The number of guanidine groups is 1. The van der Waals surface area contributed by atoms with Crippen molar-refractivity contribution in [2.45, 2.75) is 26.5 Å². The van der Waals surface area contributed by atoms with Gasteiger partial charge < -0.3 is 20.3 Å². The SMILES string of the molecule is CCNC(=NCc1cc(Cl)ccc1OC(F)F)NCCCN(C)C.I. The van der Waals surface area contributed by atoms with Crippen LogP contribution in [0.1, 0.15) is 18.9 Å². The molecule has 0 aliphatic carbocycles. The van der Waals surface area contributed by atoms with E-state index >= 15 is 0 Å². The van der Waals surface area contributed by atoms with Gasteiger partial charge in [0.2, 0.25) is 0 Å². The monoisotopic (exact) mass is 490 g/mol. The number of rotatable bonds is 9. The molecular weight excluding hydrogens is 465 g/mol. The van der Waals surface area contributed by atoms with Crippen molar-refractivity contribution >= 4 is 41.5 Å². The first-order chi connectivity index (χ1) is 11.4. The summed E-state index contributed by atoms with van der Waals surface area (Å²) >= 11 is 5.93. The van der Waals surface area contributed by atoms with Crippen molar-refractivity contribution in [3.05, 3.63) is 28.8 Å². The molecule has 0 unspecified atom stereocenters. The molecule has 0 saturated heterocycles. The molecule has 9 heteroatoms. The third-order valence-corrected chi connectivity index (χ3v) is 3.30. The van der Waals surface area contributed by atoms with Crippen LogP contribution in [0.25, 0.3) is 0 Å². The molecule has 0 fully saturated rings. The molecule has 0 aliphatic heterocycles. The average Bonchev–Trinajstić information content (AvgIpc) is 2.50. The summed E-state index contributed by atoms with van der Waals surface area (Å²) in [4.78, 5) is 6.51. The predicted molar refractivity (Wildman–Crippen MR) is 109 cm³/mol. The summed E-state index contributed by atoms with van der Waals surface area (Å²) in [6, 6.07) is 4.52. The number of nitrogens with one attached hydrogen (secondary N) is 2. The lowest BCUT2D eigenvalue weighted by molar-refractivity contribution is -0.0504. The van der Waals surface area contributed by atoms with Gasteiger partial charge in [0.1, 0.15) is 5.75 Å². The molecule has 1 aromatic carbocycles. The largest absolute Gasteiger partial charge is 0.434 e. The van der Waals surface area contributed by atoms with Crippen LogP contribution in [0.3, 0.4) is 0 Å². The van der Waals surface area contributed by atoms with Crippen LogP contribution < -0.4 is 15.4 Å². The van der Waals surface area contributed by atoms with Crippen molar-refractivity contribution in [1.29, 1.82) is 0 Å². The van der Waals surface area contributed by atoms with Crippen LogP contribution in [0.2, 0.25) is 5.02 Å². The van der Waals surface area contributed by atoms with E-state index in [4.69, 9.17) is 11.6 Å². The van der Waals surface area contributed by atoms with E-state index in [1.165, 1.54) is 12.1 Å². The van der Waals surface area contributed by atoms with Crippen molar-refractivity contribution in [1.82, 2.24) is 15.5 Å². The van der Waals surface area contributed by atoms with Crippen LogP contribution in [-0.4, -0.2) is 51.2 Å². The van der Waals surface area contributed by atoms with Gasteiger partial charge in [-0.2, -0.15) is 8.78 Å². The molecule has 0 spiro atoms. The first kappa shape index (κ1) is 24.1. The molecule has 0 saturated carbocycles. The Bertz CT molecular complexity index is 533. The van der Waals surface area contributed by atoms with Gasteiger partial charge in [-0.05, 0) is 52.2 Å². The van der Waals surface area contributed by atoms with Crippen molar-refractivity contribution in [2.75, 3.05) is 33.7 Å². The standard InChI is InChI=1S/C16H25ClF2N4O.HI/c1-4-20-16(21-8-5-9-23(2)3)22-11-12-10-13(17)6-7-14(12)24-15(18)19;/h6-7,10,15H,4-5,8-9,11H2,1-3H3,(H2,20,21,22);1H. The van der Waals surface area contributed by atoms with Crippen LogP contribution in [0, 0.1) is 0 Å². The van der Waals surface area contributed by atoms with Gasteiger partial charge in [-0.15, -0.1) is 24.0 Å². The Morgan fingerprint density at radius 2 is 2.04 bits per heavy atom. The van der Waals surface area contributed by atoms with Crippen molar-refractivity contribution in [3.8, 4) is 5.75 Å². The summed E-state index contributed by atoms with van der Waals surface area (Å²) in [5.74, 6) is 0.709. The van der Waals surface area contributed by atoms with Crippen LogP contribution in [-0.2, 0) is 6.54 Å². The first-order valence-electron chi connectivity index (χ1n) is 7.82. The molecule has 0 heterocycles. The maximum Gasteiger partial charge on any atom is 0.387 e. The van der Waals surface area contributed by atoms with Gasteiger partial charge in [0.15, 0.2) is 5.96 Å². The Balaban J connectivity index is 0.00000576. The molecule has 5 nitrogen and oxygen atoms in total. The van der Waals surface area contributed by atoms with E-state index in [9.17, 15) is 8.78 Å². The second kappa shape index (κ2) is 13.3. The lowest BCUT2D eigenvalue weighted by Crippen LogP contribution is -2.38. The van der Waals surface area contributed by atoms with Gasteiger partial charge >= 0.3 is 6.61 Å². The van der Waals surface area contributed by atoms with Crippen LogP contribution in [0.5, 0.6) is 5.75 Å². The van der Waals surface area contributed by atoms with Crippen molar-refractivity contribution in [2.24, 2.45) is 4.99 Å². The fourth-order valence-electron chi connectivity index (χ4n) is 1.99. The maximum atomic E-state index is 12.5. The van der Waals surface area contributed by atoms with E-state index in [2.05, 4.69) is 25.3 Å². The third kappa shape index (κ3) is 10.7. The second-order valence-corrected chi connectivity index (χ2v) is 5.85. The molecule has 0 bridgehead atoms. The summed E-state index contributed by atoms with van der Waals surface area (Å²) in [6.07, 6.45) is 0.967. The fraction of sp³-hybridized carbons (Fsp3) is 0.562. The topological polar surface area (TPSA) is 48.9 Å². The number of nitrogens with zero attached hydrogens (tertiary/aromatic N) is 2. The van der Waals surface area contributed by atoms with Gasteiger partial charge in [0.05, 0.1) is 6.54 Å². The van der Waals surface area contributed by atoms with Gasteiger partial charge in [-0.1, -0.05) is 11.6 Å². The fourth-order valence-corrected chi connectivity index (χ4v) is 2.19. The normalized spacial score (nSPS) is 11.4. The summed E-state index contributed by atoms with van der Waals surface area (Å²) in [7, 11) is 4.03. The number of hydrogen-bond donors (Lipinski definition) is 2. The minimum atomic E-state index is -2.88. The minimum absolute atomic E-state index is 0. The summed E-state index contributed by atoms with van der Waals surface area (Å²) in [5, 5.41) is 6.78. The van der Waals surface area contributed by atoms with E-state index in [0.29, 0.717) is 23.1 Å². The summed E-state index contributed by atoms with van der Waals surface area (Å²) < 4.78 is 29.5. The van der Waals surface area contributed by atoms with Gasteiger partial charge in [0, 0.05) is 23.7 Å². The molecule has 144 valence electrons. The molecule has 1 rings (SSSR count). The Kier molecular flexibility index (Phi) is 12.9. The van der Waals surface area contributed by atoms with Crippen LogP contribution in [0.4, 0.5) is 8.78 Å². The number of hydrogen-bond acceptors (Lipinski definition) is 3. The Labute approximate surface area is 170 Å². The van der Waals surface area contributed by atoms with E-state index in [0.717, 1.165) is 19.5 Å². The molecule has 0 aromatic heterocycles. The number of ether oxygens (including phenoxy) is 1. The maximum absolute atomic E-state index is 12.5. The number of aliphatic imine (C=N–C) groups is 1. The van der Waals surface area contributed by atoms with E-state index in [1.807, 2.05) is 21.0 Å². The molecule has 1 aromatic rings. The molecule has 0 atom stereocenters. The zero-order valence-corrected chi connectivity index (χ0v) is 17.8. The number of benzene rings is 1. The lowest BCUT2D eigenvalue weighted by Gasteiger charge is -2.14. The van der Waals surface area contributed by atoms with E-state index in [-0.39, 0.29) is 36.3 Å². The summed E-state index contributed by atoms with van der Waals surface area (Å²) in [6.45, 7) is 1.70. The highest BCUT2D eigenvalue weighted by Crippen LogP contribution is 2.25. The minimum Gasteiger partial charge on any atom is -0.434 e. The van der Waals surface area contributed by atoms with Gasteiger partial charge in [-0.25, -0.2) is 4.99 Å². The highest BCUT2D eigenvalue weighted by Gasteiger charge is 2.10. The second-order valence-electron chi connectivity index (χ2n) is 5.41. The highest BCUT2D eigenvalue weighted by molar-refractivity contribution is 14.0. The molecule has 0 aliphatic rings. The van der Waals surface area contributed by atoms with Crippen LogP contribution in [0.15, 0.2) is 23.2 Å². The van der Waals surface area contributed by atoms with Gasteiger partial charge in [0.25, 0.3) is 0 Å². The summed E-state index contributed by atoms with van der Waals surface area (Å²) in [5.41, 5.74) is 0.508. The lowest BCUT2D eigenvalue weighted by atomic mass is 10.2. The van der Waals surface area contributed by atoms with E-state index < -0.39 is 6.61 Å². The Hall–Kier alpha value is -0.870. The zero-order chi connectivity index (χ0) is 17.9. The van der Waals surface area contributed by atoms with Crippen molar-refractivity contribution < 1.29 is 13.5 Å². The third-order valence-electron chi connectivity index (χ3n) is 3.06. The van der Waals surface area contributed by atoms with Crippen LogP contribution >= 0.6 is 35.6 Å². The number of halogens is 4. The molecular formula is C16H26ClF2IN4O. The molecule has 0 amide bonds. The number of alkyl halides is 2. The van der Waals surface area contributed by atoms with E-state index in [1.54, 1.807) is 6.07 Å². The first-order valence-corrected chi connectivity index (χ1v) is 8.20. The quantitative estimate of drug-likeness (QED) is 0.241. The highest BCUT2D eigenvalue weighted by atomic mass is 127. The predicted octanol–water partition coefficient (Wildman–Crippen LogP) is 3.57. The molecule has 25 heavy (non-hydrogen) atoms.